The average Bonchev–Trinajstić information content (AvgIpc) is 1.89. The molecule has 1 nitrogen and oxygen atoms in total. The molecular formula is C6H12OSi2. The van der Waals surface area contributed by atoms with Crippen LogP contribution in [0.15, 0.2) is 36.6 Å². The maximum absolute atomic E-state index is 5.05. The summed E-state index contributed by atoms with van der Waals surface area (Å²) in [4.78, 5) is 0. The van der Waals surface area contributed by atoms with Gasteiger partial charge in [0.15, 0.2) is 9.76 Å². The first-order valence-corrected chi connectivity index (χ1v) is 5.06. The molecule has 0 aliphatic heterocycles. The molecule has 0 N–H and O–H groups in total. The third-order valence-electron chi connectivity index (χ3n) is 0.757. The summed E-state index contributed by atoms with van der Waals surface area (Å²) in [7, 11) is 0.564. The molecule has 0 radical (unpaired) electrons. The second-order valence-electron chi connectivity index (χ2n) is 1.50. The van der Waals surface area contributed by atoms with Crippen molar-refractivity contribution in [1.82, 2.24) is 0 Å². The Morgan fingerprint density at radius 1 is 1.33 bits per heavy atom. The minimum Gasteiger partial charge on any atom is -0.465 e. The van der Waals surface area contributed by atoms with Gasteiger partial charge in [-0.15, -0.1) is 0 Å². The van der Waals surface area contributed by atoms with Crippen LogP contribution in [-0.4, -0.2) is 20.2 Å². The van der Waals surface area contributed by atoms with Crippen molar-refractivity contribution in [2.24, 2.45) is 0 Å². The molecule has 0 aromatic heterocycles. The van der Waals surface area contributed by atoms with Crippen LogP contribution < -0.4 is 0 Å². The molecule has 0 bridgehead atoms. The fraction of sp³-hybridized carbons (Fsp3) is 0. The van der Waals surface area contributed by atoms with E-state index in [0.717, 1.165) is 10.5 Å². The summed E-state index contributed by atoms with van der Waals surface area (Å²) in [6.45, 7) is 3.54. The molecule has 3 heteroatoms. The molecule has 0 atom stereocenters. The lowest BCUT2D eigenvalue weighted by Crippen LogP contribution is -1.87. The number of hydrogen-bond acceptors (Lipinski definition) is 1. The van der Waals surface area contributed by atoms with E-state index in [0.29, 0.717) is 0 Å². The largest absolute Gasteiger partial charge is 0.465 e. The molecular weight excluding hydrogens is 144 g/mol. The molecule has 0 aromatic rings. The Morgan fingerprint density at radius 3 is 2.67 bits per heavy atom. The molecule has 0 aliphatic carbocycles. The Hall–Kier alpha value is -0.386. The topological polar surface area (TPSA) is 9.23 Å². The Bertz CT molecular complexity index is 118. The summed E-state index contributed by atoms with van der Waals surface area (Å²) in [5.74, 6) is 0. The van der Waals surface area contributed by atoms with E-state index in [2.05, 4.69) is 12.3 Å². The molecule has 0 aliphatic rings. The normalized spacial score (nSPS) is 12.9. The van der Waals surface area contributed by atoms with Gasteiger partial charge in [0, 0.05) is 0 Å². The van der Waals surface area contributed by atoms with Crippen LogP contribution in [0.3, 0.4) is 0 Å². The molecule has 50 valence electrons. The predicted molar refractivity (Wildman–Crippen MR) is 48.0 cm³/mol. The second-order valence-corrected chi connectivity index (χ2v) is 4.62. The van der Waals surface area contributed by atoms with Gasteiger partial charge in [-0.3, -0.25) is 0 Å². The minimum absolute atomic E-state index is 0.311. The first kappa shape index (κ1) is 8.61. The molecule has 0 aromatic carbocycles. The van der Waals surface area contributed by atoms with Gasteiger partial charge >= 0.3 is 0 Å². The van der Waals surface area contributed by atoms with Gasteiger partial charge in [0.25, 0.3) is 0 Å². The van der Waals surface area contributed by atoms with E-state index in [1.54, 1.807) is 6.08 Å². The predicted octanol–water partition coefficient (Wildman–Crippen LogP) is -0.377. The zero-order chi connectivity index (χ0) is 6.95. The quantitative estimate of drug-likeness (QED) is 0.398. The summed E-state index contributed by atoms with van der Waals surface area (Å²) in [6, 6.07) is 0. The fourth-order valence-electron chi connectivity index (χ4n) is 0.373. The highest BCUT2D eigenvalue weighted by atomic mass is 28.3. The number of hydrogen-bond donors (Lipinski definition) is 0. The van der Waals surface area contributed by atoms with Crippen LogP contribution in [0.1, 0.15) is 0 Å². The van der Waals surface area contributed by atoms with E-state index in [1.165, 1.54) is 0 Å². The molecule has 0 heterocycles. The lowest BCUT2D eigenvalue weighted by atomic mass is 10.5. The van der Waals surface area contributed by atoms with Crippen molar-refractivity contribution in [3.63, 3.8) is 0 Å². The zero-order valence-electron chi connectivity index (χ0n) is 5.71. The van der Waals surface area contributed by atoms with Gasteiger partial charge in [0.1, 0.15) is 10.5 Å². The highest BCUT2D eigenvalue weighted by Gasteiger charge is 1.67. The first-order chi connectivity index (χ1) is 4.41. The van der Waals surface area contributed by atoms with E-state index in [9.17, 15) is 0 Å². The molecule has 0 rings (SSSR count). The van der Waals surface area contributed by atoms with E-state index in [4.69, 9.17) is 4.12 Å². The van der Waals surface area contributed by atoms with Gasteiger partial charge < -0.3 is 4.12 Å². The smallest absolute Gasteiger partial charge is 0.170 e. The van der Waals surface area contributed by atoms with E-state index < -0.39 is 0 Å². The van der Waals surface area contributed by atoms with Crippen molar-refractivity contribution < 1.29 is 4.12 Å². The van der Waals surface area contributed by atoms with Crippen molar-refractivity contribution in [2.75, 3.05) is 0 Å². The molecule has 0 saturated heterocycles. The number of allylic oxidation sites excluding steroid dienone is 4. The fourth-order valence-corrected chi connectivity index (χ4v) is 1.41. The first-order valence-electron chi connectivity index (χ1n) is 2.85. The summed E-state index contributed by atoms with van der Waals surface area (Å²) < 4.78 is 5.05. The van der Waals surface area contributed by atoms with Gasteiger partial charge in [-0.25, -0.2) is 0 Å². The second kappa shape index (κ2) is 7.61. The molecule has 0 fully saturated rings. The lowest BCUT2D eigenvalue weighted by molar-refractivity contribution is 0.675. The maximum Gasteiger partial charge on any atom is 0.170 e. The molecule has 0 spiro atoms. The van der Waals surface area contributed by atoms with Crippen LogP contribution in [-0.2, 0) is 4.12 Å². The average molecular weight is 156 g/mol. The van der Waals surface area contributed by atoms with Crippen molar-refractivity contribution in [2.45, 2.75) is 0 Å². The maximum atomic E-state index is 5.05. The molecule has 0 saturated carbocycles. The number of rotatable bonds is 4. The Balaban J connectivity index is 3.23. The van der Waals surface area contributed by atoms with Crippen molar-refractivity contribution in [3.05, 3.63) is 36.6 Å². The summed E-state index contributed by atoms with van der Waals surface area (Å²) >= 11 is 0. The van der Waals surface area contributed by atoms with Crippen LogP contribution in [0.25, 0.3) is 0 Å². The van der Waals surface area contributed by atoms with E-state index in [1.807, 2.05) is 18.2 Å². The third kappa shape index (κ3) is 7.61. The SMILES string of the molecule is C=CC=CC=C[SiH2]O[SiH3]. The van der Waals surface area contributed by atoms with Crippen LogP contribution in [0.2, 0.25) is 0 Å². The standard InChI is InChI=1S/C6H12OSi2/c1-2-3-4-5-6-9-7-8/h2-6H,1,9H2,8H3. The Labute approximate surface area is 61.6 Å². The minimum atomic E-state index is -0.311. The molecule has 0 amide bonds. The van der Waals surface area contributed by atoms with Crippen LogP contribution in [0.5, 0.6) is 0 Å². The highest BCUT2D eigenvalue weighted by molar-refractivity contribution is 6.40. The third-order valence-corrected chi connectivity index (χ3v) is 2.56. The van der Waals surface area contributed by atoms with Gasteiger partial charge in [0.05, 0.1) is 0 Å². The van der Waals surface area contributed by atoms with E-state index >= 15 is 0 Å². The Morgan fingerprint density at radius 2 is 2.11 bits per heavy atom. The van der Waals surface area contributed by atoms with Crippen LogP contribution in [0, 0.1) is 0 Å². The van der Waals surface area contributed by atoms with Gasteiger partial charge in [-0.05, 0) is 0 Å². The lowest BCUT2D eigenvalue weighted by Gasteiger charge is -1.82. The zero-order valence-corrected chi connectivity index (χ0v) is 9.12. The Kier molecular flexibility index (Phi) is 7.29. The van der Waals surface area contributed by atoms with Crippen molar-refractivity contribution in [1.29, 1.82) is 0 Å². The van der Waals surface area contributed by atoms with Crippen molar-refractivity contribution >= 4 is 20.2 Å². The van der Waals surface area contributed by atoms with Gasteiger partial charge in [0.2, 0.25) is 0 Å². The molecule has 9 heavy (non-hydrogen) atoms. The van der Waals surface area contributed by atoms with Crippen LogP contribution in [0.4, 0.5) is 0 Å². The monoisotopic (exact) mass is 156 g/mol. The van der Waals surface area contributed by atoms with Gasteiger partial charge in [-0.1, -0.05) is 36.6 Å². The highest BCUT2D eigenvalue weighted by Crippen LogP contribution is 1.75. The molecule has 0 unspecified atom stereocenters. The van der Waals surface area contributed by atoms with Crippen LogP contribution >= 0.6 is 0 Å². The summed E-state index contributed by atoms with van der Waals surface area (Å²) in [5, 5.41) is 0. The van der Waals surface area contributed by atoms with Crippen molar-refractivity contribution in [3.8, 4) is 0 Å². The summed E-state index contributed by atoms with van der Waals surface area (Å²) in [5.41, 5.74) is 2.10. The summed E-state index contributed by atoms with van der Waals surface area (Å²) in [6.07, 6.45) is 7.62. The van der Waals surface area contributed by atoms with Gasteiger partial charge in [-0.2, -0.15) is 0 Å². The van der Waals surface area contributed by atoms with E-state index in [-0.39, 0.29) is 9.76 Å².